The molecule has 2 aromatic carbocycles. The van der Waals surface area contributed by atoms with Gasteiger partial charge in [-0.15, -0.1) is 0 Å². The SMILES string of the molecule is N#Cc1ccc(S(=O)(=O)NCCOc2ccccc2)cc1. The van der Waals surface area contributed by atoms with Crippen molar-refractivity contribution in [3.8, 4) is 11.8 Å². The first-order valence-corrected chi connectivity index (χ1v) is 7.78. The number of hydrogen-bond donors (Lipinski definition) is 1. The molecule has 2 aromatic rings. The molecule has 21 heavy (non-hydrogen) atoms. The van der Waals surface area contributed by atoms with Gasteiger partial charge in [-0.1, -0.05) is 18.2 Å². The summed E-state index contributed by atoms with van der Waals surface area (Å²) in [5.74, 6) is 0.690. The Morgan fingerprint density at radius 1 is 1.05 bits per heavy atom. The number of rotatable bonds is 6. The molecule has 108 valence electrons. The minimum absolute atomic E-state index is 0.126. The van der Waals surface area contributed by atoms with Crippen molar-refractivity contribution in [2.45, 2.75) is 4.90 Å². The zero-order valence-electron chi connectivity index (χ0n) is 11.2. The van der Waals surface area contributed by atoms with E-state index in [1.165, 1.54) is 24.3 Å². The van der Waals surface area contributed by atoms with Crippen molar-refractivity contribution >= 4 is 10.0 Å². The van der Waals surface area contributed by atoms with Crippen LogP contribution in [0.25, 0.3) is 0 Å². The van der Waals surface area contributed by atoms with Gasteiger partial charge in [0.15, 0.2) is 0 Å². The van der Waals surface area contributed by atoms with Crippen molar-refractivity contribution < 1.29 is 13.2 Å². The first-order valence-electron chi connectivity index (χ1n) is 6.29. The fraction of sp³-hybridized carbons (Fsp3) is 0.133. The maximum absolute atomic E-state index is 12.0. The fourth-order valence-corrected chi connectivity index (χ4v) is 2.67. The lowest BCUT2D eigenvalue weighted by atomic mass is 10.2. The summed E-state index contributed by atoms with van der Waals surface area (Å²) in [6, 6.07) is 16.8. The van der Waals surface area contributed by atoms with E-state index in [0.29, 0.717) is 11.3 Å². The summed E-state index contributed by atoms with van der Waals surface area (Å²) in [4.78, 5) is 0.126. The first-order chi connectivity index (χ1) is 10.1. The van der Waals surface area contributed by atoms with Gasteiger partial charge in [0.05, 0.1) is 16.5 Å². The van der Waals surface area contributed by atoms with Crippen LogP contribution in [0.2, 0.25) is 0 Å². The fourth-order valence-electron chi connectivity index (χ4n) is 1.65. The Hall–Kier alpha value is -2.36. The van der Waals surface area contributed by atoms with Gasteiger partial charge in [0.2, 0.25) is 10.0 Å². The highest BCUT2D eigenvalue weighted by Crippen LogP contribution is 2.10. The zero-order chi connectivity index (χ0) is 15.1. The van der Waals surface area contributed by atoms with E-state index in [4.69, 9.17) is 10.00 Å². The van der Waals surface area contributed by atoms with Crippen LogP contribution in [0.3, 0.4) is 0 Å². The molecule has 5 nitrogen and oxygen atoms in total. The molecule has 0 fully saturated rings. The number of benzene rings is 2. The predicted octanol–water partition coefficient (Wildman–Crippen LogP) is 1.92. The van der Waals surface area contributed by atoms with Crippen LogP contribution in [0, 0.1) is 11.3 Å². The molecule has 0 aliphatic heterocycles. The smallest absolute Gasteiger partial charge is 0.240 e. The molecule has 1 N–H and O–H groups in total. The Kier molecular flexibility index (Phi) is 4.93. The van der Waals surface area contributed by atoms with Crippen molar-refractivity contribution in [2.24, 2.45) is 0 Å². The summed E-state index contributed by atoms with van der Waals surface area (Å²) in [6.07, 6.45) is 0. The van der Waals surface area contributed by atoms with Crippen LogP contribution < -0.4 is 9.46 Å². The molecule has 2 rings (SSSR count). The number of ether oxygens (including phenoxy) is 1. The maximum Gasteiger partial charge on any atom is 0.240 e. The van der Waals surface area contributed by atoms with Gasteiger partial charge >= 0.3 is 0 Å². The van der Waals surface area contributed by atoms with E-state index < -0.39 is 10.0 Å². The molecular formula is C15H14N2O3S. The molecule has 0 atom stereocenters. The Labute approximate surface area is 123 Å². The number of sulfonamides is 1. The van der Waals surface area contributed by atoms with Gasteiger partial charge in [-0.05, 0) is 36.4 Å². The third-order valence-electron chi connectivity index (χ3n) is 2.70. The summed E-state index contributed by atoms with van der Waals surface area (Å²) in [7, 11) is -3.58. The predicted molar refractivity (Wildman–Crippen MR) is 78.3 cm³/mol. The molecule has 0 radical (unpaired) electrons. The second kappa shape index (κ2) is 6.88. The number of hydrogen-bond acceptors (Lipinski definition) is 4. The third kappa shape index (κ3) is 4.31. The second-order valence-electron chi connectivity index (χ2n) is 4.20. The van der Waals surface area contributed by atoms with Crippen molar-refractivity contribution in [2.75, 3.05) is 13.2 Å². The van der Waals surface area contributed by atoms with Gasteiger partial charge in [-0.25, -0.2) is 13.1 Å². The average molecular weight is 302 g/mol. The summed E-state index contributed by atoms with van der Waals surface area (Å²) >= 11 is 0. The van der Waals surface area contributed by atoms with E-state index in [9.17, 15) is 8.42 Å². The van der Waals surface area contributed by atoms with E-state index in [0.717, 1.165) is 0 Å². The summed E-state index contributed by atoms with van der Waals surface area (Å²) in [5, 5.41) is 8.68. The quantitative estimate of drug-likeness (QED) is 0.827. The normalized spacial score (nSPS) is 10.8. The summed E-state index contributed by atoms with van der Waals surface area (Å²) in [6.45, 7) is 0.400. The summed E-state index contributed by atoms with van der Waals surface area (Å²) < 4.78 is 31.8. The van der Waals surface area contributed by atoms with Gasteiger partial charge in [-0.2, -0.15) is 5.26 Å². The minimum atomic E-state index is -3.58. The second-order valence-corrected chi connectivity index (χ2v) is 5.96. The van der Waals surface area contributed by atoms with E-state index in [2.05, 4.69) is 4.72 Å². The Balaban J connectivity index is 1.88. The van der Waals surface area contributed by atoms with Crippen LogP contribution in [0.5, 0.6) is 5.75 Å². The van der Waals surface area contributed by atoms with Gasteiger partial charge in [0.25, 0.3) is 0 Å². The topological polar surface area (TPSA) is 79.2 Å². The Morgan fingerprint density at radius 2 is 1.71 bits per heavy atom. The van der Waals surface area contributed by atoms with Crippen LogP contribution in [-0.2, 0) is 10.0 Å². The highest BCUT2D eigenvalue weighted by atomic mass is 32.2. The Bertz CT molecular complexity index is 720. The van der Waals surface area contributed by atoms with Crippen LogP contribution >= 0.6 is 0 Å². The van der Waals surface area contributed by atoms with Crippen LogP contribution in [-0.4, -0.2) is 21.6 Å². The Morgan fingerprint density at radius 3 is 2.33 bits per heavy atom. The highest BCUT2D eigenvalue weighted by Gasteiger charge is 2.12. The molecule has 0 aliphatic carbocycles. The number of nitrogens with zero attached hydrogens (tertiary/aromatic N) is 1. The summed E-state index contributed by atoms with van der Waals surface area (Å²) in [5.41, 5.74) is 0.418. The van der Waals surface area contributed by atoms with Gasteiger partial charge in [-0.3, -0.25) is 0 Å². The monoisotopic (exact) mass is 302 g/mol. The molecule has 0 unspecified atom stereocenters. The number of para-hydroxylation sites is 1. The highest BCUT2D eigenvalue weighted by molar-refractivity contribution is 7.89. The third-order valence-corrected chi connectivity index (χ3v) is 4.18. The van der Waals surface area contributed by atoms with Crippen molar-refractivity contribution in [3.63, 3.8) is 0 Å². The number of nitriles is 1. The van der Waals surface area contributed by atoms with E-state index in [1.807, 2.05) is 24.3 Å². The molecule has 0 bridgehead atoms. The largest absolute Gasteiger partial charge is 0.492 e. The molecule has 6 heteroatoms. The maximum atomic E-state index is 12.0. The lowest BCUT2D eigenvalue weighted by Crippen LogP contribution is -2.28. The average Bonchev–Trinajstić information content (AvgIpc) is 2.53. The molecule has 0 heterocycles. The standard InChI is InChI=1S/C15H14N2O3S/c16-12-13-6-8-15(9-7-13)21(18,19)17-10-11-20-14-4-2-1-3-5-14/h1-9,17H,10-11H2. The molecule has 0 saturated heterocycles. The first kappa shape index (κ1) is 15.0. The van der Waals surface area contributed by atoms with Gasteiger partial charge in [0.1, 0.15) is 12.4 Å². The van der Waals surface area contributed by atoms with Crippen LogP contribution in [0.4, 0.5) is 0 Å². The molecule has 0 aliphatic rings. The van der Waals surface area contributed by atoms with E-state index in [1.54, 1.807) is 12.1 Å². The van der Waals surface area contributed by atoms with Gasteiger partial charge < -0.3 is 4.74 Å². The molecule has 0 saturated carbocycles. The molecular weight excluding hydrogens is 288 g/mol. The van der Waals surface area contributed by atoms with Crippen LogP contribution in [0.1, 0.15) is 5.56 Å². The van der Waals surface area contributed by atoms with E-state index >= 15 is 0 Å². The number of nitrogens with one attached hydrogen (secondary N) is 1. The zero-order valence-corrected chi connectivity index (χ0v) is 12.0. The van der Waals surface area contributed by atoms with E-state index in [-0.39, 0.29) is 18.0 Å². The molecule has 0 spiro atoms. The van der Waals surface area contributed by atoms with Gasteiger partial charge in [0, 0.05) is 6.54 Å². The molecule has 0 aromatic heterocycles. The van der Waals surface area contributed by atoms with Crippen molar-refractivity contribution in [1.29, 1.82) is 5.26 Å². The van der Waals surface area contributed by atoms with Crippen molar-refractivity contribution in [3.05, 3.63) is 60.2 Å². The lowest BCUT2D eigenvalue weighted by molar-refractivity contribution is 0.323. The van der Waals surface area contributed by atoms with Crippen LogP contribution in [0.15, 0.2) is 59.5 Å². The van der Waals surface area contributed by atoms with Crippen molar-refractivity contribution in [1.82, 2.24) is 4.72 Å². The lowest BCUT2D eigenvalue weighted by Gasteiger charge is -2.08. The molecule has 0 amide bonds. The minimum Gasteiger partial charge on any atom is -0.492 e.